The molecule has 1 atom stereocenters. The van der Waals surface area contributed by atoms with Crippen molar-refractivity contribution in [3.63, 3.8) is 0 Å². The summed E-state index contributed by atoms with van der Waals surface area (Å²) in [7, 11) is 0. The smallest absolute Gasteiger partial charge is 0.348 e. The number of carbonyl (C=O) groups excluding carboxylic acids is 2. The van der Waals surface area contributed by atoms with Crippen LogP contribution in [0.25, 0.3) is 0 Å². The van der Waals surface area contributed by atoms with Crippen LogP contribution in [0, 0.1) is 5.92 Å². The lowest BCUT2D eigenvalue weighted by Crippen LogP contribution is -2.28. The molecule has 0 bridgehead atoms. The molecular weight excluding hydrogens is 358 g/mol. The lowest BCUT2D eigenvalue weighted by atomic mass is 9.90. The van der Waals surface area contributed by atoms with Crippen LogP contribution >= 0.6 is 22.9 Å². The molecule has 1 aliphatic carbocycles. The molecule has 4 nitrogen and oxygen atoms in total. The SMILES string of the molecule is C[C@@H]1CCc2sc(C(=O)OCC(=O)NCc3cccc(Cl)c3)cc2C1. The predicted molar refractivity (Wildman–Crippen MR) is 99.1 cm³/mol. The van der Waals surface area contributed by atoms with Crippen molar-refractivity contribution < 1.29 is 14.3 Å². The first-order valence-corrected chi connectivity index (χ1v) is 9.50. The molecular formula is C19H20ClNO3S. The van der Waals surface area contributed by atoms with Gasteiger partial charge in [0.2, 0.25) is 0 Å². The molecule has 0 saturated heterocycles. The molecule has 0 aliphatic heterocycles. The van der Waals surface area contributed by atoms with E-state index < -0.39 is 5.97 Å². The quantitative estimate of drug-likeness (QED) is 0.801. The van der Waals surface area contributed by atoms with E-state index in [4.69, 9.17) is 16.3 Å². The van der Waals surface area contributed by atoms with Crippen LogP contribution in [0.5, 0.6) is 0 Å². The number of hydrogen-bond acceptors (Lipinski definition) is 4. The number of rotatable bonds is 5. The van der Waals surface area contributed by atoms with Crippen molar-refractivity contribution in [1.29, 1.82) is 0 Å². The fraction of sp³-hybridized carbons (Fsp3) is 0.368. The van der Waals surface area contributed by atoms with Gasteiger partial charge in [-0.15, -0.1) is 11.3 Å². The Kier molecular flexibility index (Phi) is 5.76. The van der Waals surface area contributed by atoms with Crippen molar-refractivity contribution in [2.24, 2.45) is 5.92 Å². The molecule has 0 radical (unpaired) electrons. The van der Waals surface area contributed by atoms with Gasteiger partial charge in [0.05, 0.1) is 0 Å². The monoisotopic (exact) mass is 377 g/mol. The summed E-state index contributed by atoms with van der Waals surface area (Å²) in [5, 5.41) is 3.34. The lowest BCUT2D eigenvalue weighted by molar-refractivity contribution is -0.124. The van der Waals surface area contributed by atoms with Gasteiger partial charge in [0.15, 0.2) is 6.61 Å². The van der Waals surface area contributed by atoms with E-state index in [1.54, 1.807) is 12.1 Å². The first kappa shape index (κ1) is 18.0. The molecule has 1 N–H and O–H groups in total. The summed E-state index contributed by atoms with van der Waals surface area (Å²) in [6.07, 6.45) is 3.20. The number of nitrogens with one attached hydrogen (secondary N) is 1. The number of esters is 1. The second-order valence-corrected chi connectivity index (χ2v) is 7.96. The minimum Gasteiger partial charge on any atom is -0.451 e. The topological polar surface area (TPSA) is 55.4 Å². The molecule has 0 fully saturated rings. The van der Waals surface area contributed by atoms with E-state index in [0.717, 1.165) is 24.8 Å². The highest BCUT2D eigenvalue weighted by atomic mass is 35.5. The third-order valence-corrected chi connectivity index (χ3v) is 5.70. The number of thiophene rings is 1. The van der Waals surface area contributed by atoms with Crippen LogP contribution in [-0.4, -0.2) is 18.5 Å². The Hall–Kier alpha value is -1.85. The van der Waals surface area contributed by atoms with E-state index in [-0.39, 0.29) is 12.5 Å². The summed E-state index contributed by atoms with van der Waals surface area (Å²) in [5.41, 5.74) is 2.15. The summed E-state index contributed by atoms with van der Waals surface area (Å²) in [4.78, 5) is 25.9. The van der Waals surface area contributed by atoms with Crippen LogP contribution in [0.2, 0.25) is 5.02 Å². The molecule has 0 spiro atoms. The average molecular weight is 378 g/mol. The highest BCUT2D eigenvalue weighted by Gasteiger charge is 2.21. The summed E-state index contributed by atoms with van der Waals surface area (Å²) in [6.45, 7) is 2.29. The molecule has 1 aromatic carbocycles. The fourth-order valence-electron chi connectivity index (χ4n) is 2.91. The molecule has 25 heavy (non-hydrogen) atoms. The summed E-state index contributed by atoms with van der Waals surface area (Å²) < 4.78 is 5.14. The largest absolute Gasteiger partial charge is 0.451 e. The van der Waals surface area contributed by atoms with Crippen LogP contribution in [0.15, 0.2) is 30.3 Å². The van der Waals surface area contributed by atoms with Gasteiger partial charge in [0, 0.05) is 16.4 Å². The molecule has 6 heteroatoms. The Morgan fingerprint density at radius 1 is 1.36 bits per heavy atom. The number of amides is 1. The highest BCUT2D eigenvalue weighted by molar-refractivity contribution is 7.14. The van der Waals surface area contributed by atoms with E-state index in [9.17, 15) is 9.59 Å². The van der Waals surface area contributed by atoms with Crippen LogP contribution in [0.4, 0.5) is 0 Å². The Morgan fingerprint density at radius 3 is 3.00 bits per heavy atom. The van der Waals surface area contributed by atoms with Gasteiger partial charge in [-0.25, -0.2) is 4.79 Å². The van der Waals surface area contributed by atoms with Crippen LogP contribution in [0.3, 0.4) is 0 Å². The normalized spacial score (nSPS) is 16.2. The van der Waals surface area contributed by atoms with E-state index >= 15 is 0 Å². The van der Waals surface area contributed by atoms with Crippen molar-refractivity contribution in [3.8, 4) is 0 Å². The zero-order valence-corrected chi connectivity index (χ0v) is 15.6. The molecule has 132 valence electrons. The standard InChI is InChI=1S/C19H20ClNO3S/c1-12-5-6-16-14(7-12)9-17(25-16)19(23)24-11-18(22)21-10-13-3-2-4-15(20)8-13/h2-4,8-9,12H,5-7,10-11H2,1H3,(H,21,22)/t12-/m1/s1. The molecule has 2 aromatic rings. The van der Waals surface area contributed by atoms with Gasteiger partial charge in [-0.05, 0) is 54.5 Å². The maximum absolute atomic E-state index is 12.2. The maximum Gasteiger partial charge on any atom is 0.348 e. The highest BCUT2D eigenvalue weighted by Crippen LogP contribution is 2.32. The molecule has 0 saturated carbocycles. The summed E-state index contributed by atoms with van der Waals surface area (Å²) >= 11 is 7.39. The second-order valence-electron chi connectivity index (χ2n) is 6.39. The van der Waals surface area contributed by atoms with Crippen molar-refractivity contribution >= 4 is 34.8 Å². The fourth-order valence-corrected chi connectivity index (χ4v) is 4.22. The number of fused-ring (bicyclic) bond motifs is 1. The Morgan fingerprint density at radius 2 is 2.20 bits per heavy atom. The van der Waals surface area contributed by atoms with Gasteiger partial charge in [-0.3, -0.25) is 4.79 Å². The Labute approximate surface area is 156 Å². The van der Waals surface area contributed by atoms with E-state index in [1.807, 2.05) is 18.2 Å². The van der Waals surface area contributed by atoms with Crippen molar-refractivity contribution in [1.82, 2.24) is 5.32 Å². The molecule has 3 rings (SSSR count). The van der Waals surface area contributed by atoms with E-state index in [2.05, 4.69) is 12.2 Å². The van der Waals surface area contributed by atoms with Gasteiger partial charge in [0.25, 0.3) is 5.91 Å². The Balaban J connectivity index is 1.48. The number of hydrogen-bond donors (Lipinski definition) is 1. The number of carbonyl (C=O) groups is 2. The number of aryl methyl sites for hydroxylation is 1. The van der Waals surface area contributed by atoms with Gasteiger partial charge < -0.3 is 10.1 Å². The number of halogens is 1. The molecule has 1 aliphatic rings. The minimum absolute atomic E-state index is 0.279. The summed E-state index contributed by atoms with van der Waals surface area (Å²) in [6, 6.07) is 9.17. The third kappa shape index (κ3) is 4.83. The maximum atomic E-state index is 12.2. The lowest BCUT2D eigenvalue weighted by Gasteiger charge is -2.16. The third-order valence-electron chi connectivity index (χ3n) is 4.24. The number of benzene rings is 1. The first-order valence-electron chi connectivity index (χ1n) is 8.31. The minimum atomic E-state index is -0.426. The van der Waals surface area contributed by atoms with Crippen LogP contribution in [0.1, 0.15) is 39.0 Å². The average Bonchev–Trinajstić information content (AvgIpc) is 3.01. The van der Waals surface area contributed by atoms with Gasteiger partial charge in [-0.2, -0.15) is 0 Å². The van der Waals surface area contributed by atoms with Crippen molar-refractivity contribution in [2.75, 3.05) is 6.61 Å². The summed E-state index contributed by atoms with van der Waals surface area (Å²) in [5.74, 6) is -0.100. The first-order chi connectivity index (χ1) is 12.0. The predicted octanol–water partition coefficient (Wildman–Crippen LogP) is 4.00. The van der Waals surface area contributed by atoms with Gasteiger partial charge in [-0.1, -0.05) is 30.7 Å². The van der Waals surface area contributed by atoms with E-state index in [1.165, 1.54) is 21.8 Å². The molecule has 1 aromatic heterocycles. The molecule has 1 amide bonds. The zero-order chi connectivity index (χ0) is 17.8. The zero-order valence-electron chi connectivity index (χ0n) is 14.0. The van der Waals surface area contributed by atoms with Gasteiger partial charge >= 0.3 is 5.97 Å². The van der Waals surface area contributed by atoms with Crippen LogP contribution < -0.4 is 5.32 Å². The van der Waals surface area contributed by atoms with Gasteiger partial charge in [0.1, 0.15) is 4.88 Å². The van der Waals surface area contributed by atoms with Crippen molar-refractivity contribution in [2.45, 2.75) is 32.7 Å². The number of ether oxygens (including phenoxy) is 1. The van der Waals surface area contributed by atoms with E-state index in [0.29, 0.717) is 22.4 Å². The van der Waals surface area contributed by atoms with Crippen LogP contribution in [-0.2, 0) is 28.9 Å². The van der Waals surface area contributed by atoms with Crippen molar-refractivity contribution in [3.05, 3.63) is 56.2 Å². The second kappa shape index (κ2) is 8.02. The molecule has 1 heterocycles. The molecule has 0 unspecified atom stereocenters. The Bertz CT molecular complexity index is 787.